The third kappa shape index (κ3) is 4.67. The molecule has 0 heterocycles. The maximum atomic E-state index is 13.9. The summed E-state index contributed by atoms with van der Waals surface area (Å²) in [7, 11) is 1.22. The van der Waals surface area contributed by atoms with E-state index in [1.807, 2.05) is 44.4 Å². The van der Waals surface area contributed by atoms with Crippen molar-refractivity contribution < 1.29 is 23.1 Å². The quantitative estimate of drug-likeness (QED) is 0.593. The number of hydrogen-bond acceptors (Lipinski definition) is 6. The molecule has 8 heteroatoms. The molecule has 1 aliphatic carbocycles. The van der Waals surface area contributed by atoms with Crippen molar-refractivity contribution in [3.05, 3.63) is 60.2 Å². The van der Waals surface area contributed by atoms with E-state index in [1.165, 1.54) is 19.2 Å². The molecule has 2 N–H and O–H groups in total. The van der Waals surface area contributed by atoms with Crippen LogP contribution < -0.4 is 10.1 Å². The van der Waals surface area contributed by atoms with Crippen LogP contribution in [0.1, 0.15) is 31.2 Å². The monoisotopic (exact) mass is 460 g/mol. The summed E-state index contributed by atoms with van der Waals surface area (Å²) in [6.07, 6.45) is 2.51. The van der Waals surface area contributed by atoms with Crippen LogP contribution in [0.4, 0.5) is 0 Å². The summed E-state index contributed by atoms with van der Waals surface area (Å²) in [6, 6.07) is 15.5. The molecule has 1 saturated carbocycles. The highest BCUT2D eigenvalue weighted by molar-refractivity contribution is 7.93. The van der Waals surface area contributed by atoms with Crippen molar-refractivity contribution in [1.29, 1.82) is 0 Å². The molecule has 0 bridgehead atoms. The van der Waals surface area contributed by atoms with E-state index in [0.717, 1.165) is 18.4 Å². The zero-order valence-electron chi connectivity index (χ0n) is 18.8. The van der Waals surface area contributed by atoms with Gasteiger partial charge in [0.25, 0.3) is 0 Å². The molecule has 7 nitrogen and oxygen atoms in total. The van der Waals surface area contributed by atoms with Crippen molar-refractivity contribution in [3.8, 4) is 5.75 Å². The third-order valence-corrected chi connectivity index (χ3v) is 8.90. The number of ether oxygens (including phenoxy) is 1. The minimum absolute atomic E-state index is 0.0315. The standard InChI is InChI=1S/C24H32N2O5S/c1-26(2)20-11-9-19(10-12-20)24(23(27)28,25-17-18-7-5-4-6-8-18)32(29,30)22-15-13-21(31-3)14-16-22/h4-8,13-16,19-20,25H,9-12,17H2,1-3H3,(H,27,28)/t19-,20-,24-/m1/s1. The molecular weight excluding hydrogens is 428 g/mol. The third-order valence-electron chi connectivity index (χ3n) is 6.51. The highest BCUT2D eigenvalue weighted by atomic mass is 32.2. The van der Waals surface area contributed by atoms with Gasteiger partial charge in [-0.15, -0.1) is 0 Å². The van der Waals surface area contributed by atoms with Gasteiger partial charge in [-0.25, -0.2) is 13.2 Å². The molecule has 0 saturated heterocycles. The van der Waals surface area contributed by atoms with E-state index in [9.17, 15) is 18.3 Å². The van der Waals surface area contributed by atoms with Crippen molar-refractivity contribution >= 4 is 15.8 Å². The van der Waals surface area contributed by atoms with Crippen LogP contribution in [0, 0.1) is 5.92 Å². The average Bonchev–Trinajstić information content (AvgIpc) is 2.80. The van der Waals surface area contributed by atoms with Crippen LogP contribution in [-0.2, 0) is 21.2 Å². The van der Waals surface area contributed by atoms with Crippen molar-refractivity contribution in [2.75, 3.05) is 21.2 Å². The molecule has 0 amide bonds. The van der Waals surface area contributed by atoms with E-state index in [0.29, 0.717) is 24.6 Å². The van der Waals surface area contributed by atoms with Gasteiger partial charge < -0.3 is 14.7 Å². The molecule has 2 aromatic rings. The number of methoxy groups -OCH3 is 1. The summed E-state index contributed by atoms with van der Waals surface area (Å²) < 4.78 is 33.0. The summed E-state index contributed by atoms with van der Waals surface area (Å²) >= 11 is 0. The Morgan fingerprint density at radius 3 is 2.16 bits per heavy atom. The van der Waals surface area contributed by atoms with Crippen molar-refractivity contribution in [3.63, 3.8) is 0 Å². The maximum absolute atomic E-state index is 13.9. The average molecular weight is 461 g/mol. The minimum Gasteiger partial charge on any atom is -0.497 e. The maximum Gasteiger partial charge on any atom is 0.340 e. The SMILES string of the molecule is COc1ccc(S(=O)(=O)[C@@](NCc2ccccc2)(C(=O)O)[C@H]2CC[C@H](N(C)C)CC2)cc1. The number of sulfone groups is 1. The van der Waals surface area contributed by atoms with Gasteiger partial charge in [-0.1, -0.05) is 30.3 Å². The van der Waals surface area contributed by atoms with E-state index in [1.54, 1.807) is 12.1 Å². The van der Waals surface area contributed by atoms with Gasteiger partial charge in [-0.3, -0.25) is 5.32 Å². The van der Waals surface area contributed by atoms with E-state index >= 15 is 0 Å². The summed E-state index contributed by atoms with van der Waals surface area (Å²) in [5.41, 5.74) is 0.824. The number of carboxylic acid groups (broad SMARTS) is 1. The fourth-order valence-electron chi connectivity index (χ4n) is 4.59. The van der Waals surface area contributed by atoms with Gasteiger partial charge in [0.2, 0.25) is 14.7 Å². The normalized spacial score (nSPS) is 21.1. The van der Waals surface area contributed by atoms with Gasteiger partial charge in [0, 0.05) is 18.5 Å². The Morgan fingerprint density at radius 1 is 1.06 bits per heavy atom. The smallest absolute Gasteiger partial charge is 0.340 e. The van der Waals surface area contributed by atoms with Gasteiger partial charge in [0.05, 0.1) is 12.0 Å². The topological polar surface area (TPSA) is 95.9 Å². The zero-order chi connectivity index (χ0) is 23.4. The second-order valence-electron chi connectivity index (χ2n) is 8.53. The number of benzene rings is 2. The highest BCUT2D eigenvalue weighted by Gasteiger charge is 2.57. The summed E-state index contributed by atoms with van der Waals surface area (Å²) in [6.45, 7) is 0.135. The van der Waals surface area contributed by atoms with Crippen LogP contribution >= 0.6 is 0 Å². The molecular formula is C24H32N2O5S. The van der Waals surface area contributed by atoms with Crippen LogP contribution in [0.25, 0.3) is 0 Å². The summed E-state index contributed by atoms with van der Waals surface area (Å²) in [5.74, 6) is -1.42. The molecule has 1 fully saturated rings. The van der Waals surface area contributed by atoms with E-state index < -0.39 is 26.6 Å². The van der Waals surface area contributed by atoms with Gasteiger partial charge in [0.1, 0.15) is 5.75 Å². The minimum atomic E-state index is -4.27. The molecule has 3 rings (SSSR count). The lowest BCUT2D eigenvalue weighted by molar-refractivity contribution is -0.143. The first kappa shape index (κ1) is 24.2. The molecule has 0 radical (unpaired) electrons. The molecule has 0 spiro atoms. The molecule has 174 valence electrons. The Kier molecular flexibility index (Phi) is 7.59. The Morgan fingerprint density at radius 2 is 1.66 bits per heavy atom. The Labute approximate surface area is 190 Å². The van der Waals surface area contributed by atoms with Crippen molar-refractivity contribution in [2.24, 2.45) is 5.92 Å². The number of carboxylic acids is 1. The zero-order valence-corrected chi connectivity index (χ0v) is 19.6. The van der Waals surface area contributed by atoms with Gasteiger partial charge >= 0.3 is 5.97 Å². The fraction of sp³-hybridized carbons (Fsp3) is 0.458. The van der Waals surface area contributed by atoms with Crippen molar-refractivity contribution in [2.45, 2.75) is 48.0 Å². The number of rotatable bonds is 9. The predicted molar refractivity (Wildman–Crippen MR) is 123 cm³/mol. The molecule has 32 heavy (non-hydrogen) atoms. The van der Waals surface area contributed by atoms with Crippen LogP contribution in [-0.4, -0.2) is 56.5 Å². The van der Waals surface area contributed by atoms with E-state index in [2.05, 4.69) is 10.2 Å². The second kappa shape index (κ2) is 10.0. The number of hydrogen-bond donors (Lipinski definition) is 2. The molecule has 0 aliphatic heterocycles. The first-order valence-electron chi connectivity index (χ1n) is 10.8. The first-order chi connectivity index (χ1) is 15.2. The molecule has 1 aliphatic rings. The van der Waals surface area contributed by atoms with Crippen LogP contribution in [0.15, 0.2) is 59.5 Å². The van der Waals surface area contributed by atoms with E-state index in [-0.39, 0.29) is 11.4 Å². The summed E-state index contributed by atoms with van der Waals surface area (Å²) in [5, 5.41) is 13.4. The van der Waals surface area contributed by atoms with Crippen molar-refractivity contribution in [1.82, 2.24) is 10.2 Å². The van der Waals surface area contributed by atoms with Gasteiger partial charge in [0.15, 0.2) is 0 Å². The Balaban J connectivity index is 2.04. The molecule has 2 aromatic carbocycles. The van der Waals surface area contributed by atoms with Gasteiger partial charge in [-0.05, 0) is 69.6 Å². The van der Waals surface area contributed by atoms with Crippen LogP contribution in [0.5, 0.6) is 5.75 Å². The molecule has 0 unspecified atom stereocenters. The lowest BCUT2D eigenvalue weighted by Crippen LogP contribution is -2.63. The molecule has 1 atom stereocenters. The molecule has 0 aromatic heterocycles. The number of carbonyl (C=O) groups is 1. The lowest BCUT2D eigenvalue weighted by Gasteiger charge is -2.42. The van der Waals surface area contributed by atoms with Crippen LogP contribution in [0.3, 0.4) is 0 Å². The first-order valence-corrected chi connectivity index (χ1v) is 12.3. The number of nitrogens with zero attached hydrogens (tertiary/aromatic N) is 1. The highest BCUT2D eigenvalue weighted by Crippen LogP contribution is 2.41. The Hall–Kier alpha value is -2.42. The largest absolute Gasteiger partial charge is 0.497 e. The second-order valence-corrected chi connectivity index (χ2v) is 10.7. The lowest BCUT2D eigenvalue weighted by atomic mass is 9.80. The number of aliphatic carboxylic acids is 1. The predicted octanol–water partition coefficient (Wildman–Crippen LogP) is 3.16. The number of nitrogens with one attached hydrogen (secondary N) is 1. The fourth-order valence-corrected chi connectivity index (χ4v) is 6.63. The van der Waals surface area contributed by atoms with E-state index in [4.69, 9.17) is 4.74 Å². The van der Waals surface area contributed by atoms with Crippen LogP contribution in [0.2, 0.25) is 0 Å². The summed E-state index contributed by atoms with van der Waals surface area (Å²) in [4.78, 5) is 12.8. The Bertz CT molecular complexity index is 1000. The van der Waals surface area contributed by atoms with Gasteiger partial charge in [-0.2, -0.15) is 0 Å².